The van der Waals surface area contributed by atoms with Crippen molar-refractivity contribution in [2.75, 3.05) is 29.3 Å². The quantitative estimate of drug-likeness (QED) is 0.371. The molecule has 184 valence electrons. The Kier molecular flexibility index (Phi) is 8.69. The minimum absolute atomic E-state index is 0.0764. The largest absolute Gasteiger partial charge is 0.494 e. The number of anilines is 2. The predicted octanol–water partition coefficient (Wildman–Crippen LogP) is 3.17. The van der Waals surface area contributed by atoms with Crippen molar-refractivity contribution in [3.63, 3.8) is 0 Å². The second-order valence-electron chi connectivity index (χ2n) is 7.44. The summed E-state index contributed by atoms with van der Waals surface area (Å²) in [5.74, 6) is -0.317. The van der Waals surface area contributed by atoms with Gasteiger partial charge in [-0.2, -0.15) is 0 Å². The molecule has 10 heteroatoms. The first-order valence-electron chi connectivity index (χ1n) is 11.1. The Balaban J connectivity index is 1.54. The Morgan fingerprint density at radius 2 is 1.51 bits per heavy atom. The lowest BCUT2D eigenvalue weighted by molar-refractivity contribution is -0.120. The number of hydrazine groups is 1. The third kappa shape index (κ3) is 7.21. The van der Waals surface area contributed by atoms with Gasteiger partial charge in [0.2, 0.25) is 0 Å². The summed E-state index contributed by atoms with van der Waals surface area (Å²) in [5.41, 5.74) is 6.22. The number of sulfonamides is 1. The highest BCUT2D eigenvalue weighted by molar-refractivity contribution is 7.92. The van der Waals surface area contributed by atoms with Crippen LogP contribution in [0.25, 0.3) is 0 Å². The topological polar surface area (TPSA) is 117 Å². The molecular formula is C25H28N4O5S. The molecule has 0 unspecified atom stereocenters. The smallest absolute Gasteiger partial charge is 0.269 e. The lowest BCUT2D eigenvalue weighted by Gasteiger charge is -2.22. The number of likely N-dealkylation sites (N-methyl/N-ethyl adjacent to an activating group) is 1. The second-order valence-corrected chi connectivity index (χ2v) is 9.12. The maximum atomic E-state index is 12.6. The number of amides is 2. The molecule has 3 aromatic rings. The van der Waals surface area contributed by atoms with Crippen molar-refractivity contribution in [1.82, 2.24) is 10.9 Å². The van der Waals surface area contributed by atoms with Crippen LogP contribution in [0.1, 0.15) is 24.2 Å². The standard InChI is InChI=1S/C25H28N4O5S/c1-3-29(21-8-6-5-7-9-21)18-24(30)26-27-25(31)19-10-12-20(13-11-19)28-35(32,33)23-16-14-22(15-17-23)34-4-2/h5-17,28H,3-4,18H2,1-2H3,(H,26,30)(H,27,31). The van der Waals surface area contributed by atoms with Crippen molar-refractivity contribution >= 4 is 33.2 Å². The molecule has 0 fully saturated rings. The van der Waals surface area contributed by atoms with E-state index in [4.69, 9.17) is 4.74 Å². The zero-order valence-electron chi connectivity index (χ0n) is 19.5. The first kappa shape index (κ1) is 25.6. The highest BCUT2D eigenvalue weighted by Gasteiger charge is 2.15. The maximum Gasteiger partial charge on any atom is 0.269 e. The van der Waals surface area contributed by atoms with Gasteiger partial charge in [0.1, 0.15) is 5.75 Å². The van der Waals surface area contributed by atoms with Crippen molar-refractivity contribution in [3.05, 3.63) is 84.4 Å². The minimum atomic E-state index is -3.80. The van der Waals surface area contributed by atoms with Crippen molar-refractivity contribution < 1.29 is 22.7 Å². The third-order valence-corrected chi connectivity index (χ3v) is 6.39. The van der Waals surface area contributed by atoms with Crippen LogP contribution in [-0.4, -0.2) is 39.9 Å². The molecule has 0 heterocycles. The summed E-state index contributed by atoms with van der Waals surface area (Å²) < 4.78 is 33.0. The van der Waals surface area contributed by atoms with Crippen molar-refractivity contribution in [2.45, 2.75) is 18.7 Å². The van der Waals surface area contributed by atoms with Gasteiger partial charge >= 0.3 is 0 Å². The van der Waals surface area contributed by atoms with Crippen LogP contribution in [0, 0.1) is 0 Å². The Bertz CT molecular complexity index is 1230. The number of nitrogens with zero attached hydrogens (tertiary/aromatic N) is 1. The molecule has 0 aliphatic carbocycles. The van der Waals surface area contributed by atoms with Gasteiger partial charge in [-0.25, -0.2) is 8.42 Å². The van der Waals surface area contributed by atoms with Crippen molar-refractivity contribution in [3.8, 4) is 5.75 Å². The summed E-state index contributed by atoms with van der Waals surface area (Å²) in [7, 11) is -3.80. The highest BCUT2D eigenvalue weighted by Crippen LogP contribution is 2.20. The van der Waals surface area contributed by atoms with Crippen LogP contribution in [0.3, 0.4) is 0 Å². The molecule has 0 saturated carbocycles. The summed E-state index contributed by atoms with van der Waals surface area (Å²) in [6.45, 7) is 4.96. The molecule has 2 amide bonds. The Morgan fingerprint density at radius 3 is 2.11 bits per heavy atom. The normalized spacial score (nSPS) is 10.8. The van der Waals surface area contributed by atoms with E-state index in [0.717, 1.165) is 5.69 Å². The number of ether oxygens (including phenoxy) is 1. The first-order chi connectivity index (χ1) is 16.8. The average molecular weight is 497 g/mol. The van der Waals surface area contributed by atoms with E-state index < -0.39 is 15.9 Å². The Labute approximate surface area is 205 Å². The van der Waals surface area contributed by atoms with E-state index >= 15 is 0 Å². The molecule has 3 N–H and O–H groups in total. The highest BCUT2D eigenvalue weighted by atomic mass is 32.2. The van der Waals surface area contributed by atoms with Crippen LogP contribution in [0.5, 0.6) is 5.75 Å². The number of carbonyl (C=O) groups is 2. The summed E-state index contributed by atoms with van der Waals surface area (Å²) in [6.07, 6.45) is 0. The number of rotatable bonds is 10. The molecule has 9 nitrogen and oxygen atoms in total. The Hall–Kier alpha value is -4.05. The van der Waals surface area contributed by atoms with Gasteiger partial charge in [-0.05, 0) is 74.5 Å². The molecule has 35 heavy (non-hydrogen) atoms. The number of carbonyl (C=O) groups excluding carboxylic acids is 2. The lowest BCUT2D eigenvalue weighted by atomic mass is 10.2. The number of benzene rings is 3. The number of nitrogens with one attached hydrogen (secondary N) is 3. The molecule has 0 atom stereocenters. The molecule has 3 aromatic carbocycles. The molecule has 3 rings (SSSR count). The van der Waals surface area contributed by atoms with Crippen LogP contribution in [0.4, 0.5) is 11.4 Å². The summed E-state index contributed by atoms with van der Waals surface area (Å²) >= 11 is 0. The lowest BCUT2D eigenvalue weighted by Crippen LogP contribution is -2.46. The molecule has 0 aliphatic rings. The molecular weight excluding hydrogens is 468 g/mol. The fraction of sp³-hybridized carbons (Fsp3) is 0.200. The SMILES string of the molecule is CCOc1ccc(S(=O)(=O)Nc2ccc(C(=O)NNC(=O)CN(CC)c3ccccc3)cc2)cc1. The van der Waals surface area contributed by atoms with E-state index in [1.54, 1.807) is 12.1 Å². The monoisotopic (exact) mass is 496 g/mol. The molecule has 0 bridgehead atoms. The van der Waals surface area contributed by atoms with Gasteiger partial charge in [0.05, 0.1) is 18.0 Å². The summed E-state index contributed by atoms with van der Waals surface area (Å²) in [6, 6.07) is 21.4. The zero-order valence-corrected chi connectivity index (χ0v) is 20.3. The molecule has 0 aliphatic heterocycles. The van der Waals surface area contributed by atoms with Gasteiger partial charge in [0, 0.05) is 23.5 Å². The van der Waals surface area contributed by atoms with Crippen LogP contribution >= 0.6 is 0 Å². The van der Waals surface area contributed by atoms with Gasteiger partial charge in [-0.15, -0.1) is 0 Å². The zero-order chi connectivity index (χ0) is 25.3. The van der Waals surface area contributed by atoms with Crippen molar-refractivity contribution in [2.24, 2.45) is 0 Å². The van der Waals surface area contributed by atoms with Gasteiger partial charge in [0.15, 0.2) is 0 Å². The molecule has 0 saturated heterocycles. The molecule has 0 aromatic heterocycles. The minimum Gasteiger partial charge on any atom is -0.494 e. The molecule has 0 spiro atoms. The van der Waals surface area contributed by atoms with Gasteiger partial charge in [-0.1, -0.05) is 18.2 Å². The van der Waals surface area contributed by atoms with Gasteiger partial charge in [-0.3, -0.25) is 25.2 Å². The third-order valence-electron chi connectivity index (χ3n) is 5.00. The first-order valence-corrected chi connectivity index (χ1v) is 12.6. The van der Waals surface area contributed by atoms with Crippen LogP contribution in [0.15, 0.2) is 83.8 Å². The van der Waals surface area contributed by atoms with Crippen molar-refractivity contribution in [1.29, 1.82) is 0 Å². The average Bonchev–Trinajstić information content (AvgIpc) is 2.87. The predicted molar refractivity (Wildman–Crippen MR) is 135 cm³/mol. The van der Waals surface area contributed by atoms with E-state index in [9.17, 15) is 18.0 Å². The Morgan fingerprint density at radius 1 is 0.857 bits per heavy atom. The fourth-order valence-corrected chi connectivity index (χ4v) is 4.28. The second kappa shape index (κ2) is 11.9. The fourth-order valence-electron chi connectivity index (χ4n) is 3.22. The van der Waals surface area contributed by atoms with Gasteiger partial charge < -0.3 is 9.64 Å². The van der Waals surface area contributed by atoms with Crippen LogP contribution < -0.4 is 25.2 Å². The molecule has 0 radical (unpaired) electrons. The van der Waals surface area contributed by atoms with E-state index in [1.807, 2.05) is 49.1 Å². The number of hydrogen-bond acceptors (Lipinski definition) is 6. The number of para-hydroxylation sites is 1. The summed E-state index contributed by atoms with van der Waals surface area (Å²) in [4.78, 5) is 26.6. The van der Waals surface area contributed by atoms with Crippen LogP contribution in [-0.2, 0) is 14.8 Å². The van der Waals surface area contributed by atoms with E-state index in [1.165, 1.54) is 36.4 Å². The number of hydrogen-bond donors (Lipinski definition) is 3. The van der Waals surface area contributed by atoms with E-state index in [-0.39, 0.29) is 22.9 Å². The van der Waals surface area contributed by atoms with Crippen LogP contribution in [0.2, 0.25) is 0 Å². The van der Waals surface area contributed by atoms with E-state index in [2.05, 4.69) is 15.6 Å². The van der Waals surface area contributed by atoms with Gasteiger partial charge in [0.25, 0.3) is 21.8 Å². The maximum absolute atomic E-state index is 12.6. The van der Waals surface area contributed by atoms with E-state index in [0.29, 0.717) is 24.6 Å². The summed E-state index contributed by atoms with van der Waals surface area (Å²) in [5, 5.41) is 0.